The van der Waals surface area contributed by atoms with E-state index in [0.29, 0.717) is 51.1 Å². The van der Waals surface area contributed by atoms with Gasteiger partial charge in [-0.05, 0) is 151 Å². The molecule has 0 fully saturated rings. The zero-order chi connectivity index (χ0) is 68.4. The van der Waals surface area contributed by atoms with Crippen LogP contribution in [-0.2, 0) is 36.9 Å². The predicted octanol–water partition coefficient (Wildman–Crippen LogP) is 10.7. The number of hydrogen-bond acceptors (Lipinski definition) is 16. The van der Waals surface area contributed by atoms with E-state index in [9.17, 15) is 42.9 Å². The largest absolute Gasteiger partial charge is 0.504 e. The first-order valence-corrected chi connectivity index (χ1v) is 28.2. The number of hydrogen-bond donors (Lipinski definition) is 10. The molecule has 29 heteroatoms. The number of alkyl halides is 3. The lowest BCUT2D eigenvalue weighted by Crippen LogP contribution is -2.25. The van der Waals surface area contributed by atoms with Crippen molar-refractivity contribution in [2.24, 2.45) is 36.4 Å². The van der Waals surface area contributed by atoms with Gasteiger partial charge in [-0.2, -0.15) is 53.4 Å². The van der Waals surface area contributed by atoms with Crippen molar-refractivity contribution in [1.29, 1.82) is 0 Å². The third-order valence-electron chi connectivity index (χ3n) is 13.2. The van der Waals surface area contributed by atoms with Crippen LogP contribution < -0.4 is 26.9 Å². The molecule has 9 aromatic rings. The molecule has 1 amide bonds. The van der Waals surface area contributed by atoms with E-state index in [1.165, 1.54) is 67.2 Å². The Morgan fingerprint density at radius 1 is 0.484 bits per heavy atom. The highest BCUT2D eigenvalue weighted by molar-refractivity contribution is 7.80. The molecule has 0 atom stereocenters. The standard InChI is InChI=1S/C22H23N5O3S.C21H18F3N5O3S.C20H20N4O2.CO2/c1-12-9-13(2)11-16(10-12)19-20(28)18(26-27(19)4)14(3)24-25-22(31)23-17-7-5-15(6-8-17)21(29)30;1-11(26-27-20(33)25-15-8-6-12(7-9-15)19(31)32)16-18(30)17(29(2)28-16)13-4-3-5-14(10-13)21(22,23)24;1-13-9-11-15(12-10-13)18-19(25)17(23-24(18)3)14(2)21-22-20(26)16-7-5-4-6-8-16;2-1-3/h5-11,28H,1-4H3,(H,29,30)(H2,23,25,31);3-10,30H,1-2H3,(H,31,32)(H2,25,27,33);4-12,25H,1-3H3,(H,22,26);/b24-14+;26-11+;21-14+;. The summed E-state index contributed by atoms with van der Waals surface area (Å²) in [5.74, 6) is -2.63. The molecule has 0 bridgehead atoms. The summed E-state index contributed by atoms with van der Waals surface area (Å²) in [6, 6.07) is 39.3. The van der Waals surface area contributed by atoms with Crippen molar-refractivity contribution in [2.45, 2.75) is 47.7 Å². The number of hydrazone groups is 3. The number of anilines is 2. The third-order valence-corrected chi connectivity index (χ3v) is 13.6. The number of carboxylic acid groups (broad SMARTS) is 2. The van der Waals surface area contributed by atoms with E-state index in [-0.39, 0.29) is 73.3 Å². The minimum Gasteiger partial charge on any atom is -0.504 e. The van der Waals surface area contributed by atoms with E-state index < -0.39 is 23.7 Å². The van der Waals surface area contributed by atoms with Gasteiger partial charge in [0.2, 0.25) is 0 Å². The van der Waals surface area contributed by atoms with Gasteiger partial charge in [-0.1, -0.05) is 77.4 Å². The molecule has 0 saturated heterocycles. The molecule has 0 aliphatic carbocycles. The molecular formula is C64H61F3N14O10S2. The second-order valence-corrected chi connectivity index (χ2v) is 21.0. The summed E-state index contributed by atoms with van der Waals surface area (Å²) in [6.07, 6.45) is -4.27. The fourth-order valence-corrected chi connectivity index (χ4v) is 9.16. The van der Waals surface area contributed by atoms with Crippen molar-refractivity contribution in [3.63, 3.8) is 0 Å². The summed E-state index contributed by atoms with van der Waals surface area (Å²) in [7, 11) is 5.02. The number of carboxylic acids is 2. The van der Waals surface area contributed by atoms with Crippen LogP contribution in [0.25, 0.3) is 33.8 Å². The first kappa shape index (κ1) is 70.4. The number of halogens is 3. The smallest absolute Gasteiger partial charge is 0.416 e. The average molecular weight is 1310 g/mol. The van der Waals surface area contributed by atoms with Crippen LogP contribution in [0.5, 0.6) is 17.2 Å². The number of nitrogens with one attached hydrogen (secondary N) is 5. The lowest BCUT2D eigenvalue weighted by atomic mass is 10.0. The van der Waals surface area contributed by atoms with Gasteiger partial charge in [0, 0.05) is 54.8 Å². The van der Waals surface area contributed by atoms with E-state index in [0.717, 1.165) is 39.9 Å². The van der Waals surface area contributed by atoms with E-state index in [2.05, 4.69) is 63.6 Å². The van der Waals surface area contributed by atoms with Crippen LogP contribution in [0.3, 0.4) is 0 Å². The van der Waals surface area contributed by atoms with Gasteiger partial charge in [-0.15, -0.1) is 0 Å². The first-order chi connectivity index (χ1) is 44.0. The number of benzene rings is 6. The Balaban J connectivity index is 0.000000218. The number of aromatic nitrogens is 6. The summed E-state index contributed by atoms with van der Waals surface area (Å²) >= 11 is 10.4. The number of amides is 1. The van der Waals surface area contributed by atoms with Gasteiger partial charge < -0.3 is 36.2 Å². The Labute approximate surface area is 540 Å². The molecule has 3 aromatic heterocycles. The maximum absolute atomic E-state index is 13.0. The fraction of sp³-hybridized carbons (Fsp3) is 0.156. The highest BCUT2D eigenvalue weighted by Gasteiger charge is 2.31. The monoisotopic (exact) mass is 1310 g/mol. The van der Waals surface area contributed by atoms with Crippen LogP contribution in [0, 0.1) is 20.8 Å². The molecule has 10 N–H and O–H groups in total. The number of aromatic hydroxyl groups is 3. The van der Waals surface area contributed by atoms with E-state index in [4.69, 9.17) is 44.2 Å². The Morgan fingerprint density at radius 3 is 1.27 bits per heavy atom. The van der Waals surface area contributed by atoms with Gasteiger partial charge in [0.15, 0.2) is 44.6 Å². The number of aryl methyl sites for hydroxylation is 6. The number of carbonyl (C=O) groups is 3. The van der Waals surface area contributed by atoms with E-state index in [1.807, 2.05) is 63.2 Å². The lowest BCUT2D eigenvalue weighted by molar-refractivity contribution is -0.191. The molecule has 0 unspecified atom stereocenters. The second-order valence-electron chi connectivity index (χ2n) is 20.2. The van der Waals surface area contributed by atoms with Crippen LogP contribution in [0.4, 0.5) is 24.5 Å². The molecular weight excluding hydrogens is 1250 g/mol. The maximum atomic E-state index is 13.0. The van der Waals surface area contributed by atoms with Crippen molar-refractivity contribution in [3.8, 4) is 51.0 Å². The molecule has 93 heavy (non-hydrogen) atoms. The minimum atomic E-state index is -4.52. The Kier molecular flexibility index (Phi) is 24.0. The van der Waals surface area contributed by atoms with E-state index >= 15 is 0 Å². The van der Waals surface area contributed by atoms with Crippen LogP contribution >= 0.6 is 24.4 Å². The summed E-state index contributed by atoms with van der Waals surface area (Å²) in [6.45, 7) is 11.0. The molecule has 3 heterocycles. The van der Waals surface area contributed by atoms with Crippen molar-refractivity contribution in [1.82, 2.24) is 45.6 Å². The van der Waals surface area contributed by atoms with Crippen molar-refractivity contribution in [3.05, 3.63) is 202 Å². The van der Waals surface area contributed by atoms with Gasteiger partial charge in [0.1, 0.15) is 17.1 Å². The van der Waals surface area contributed by atoms with Crippen molar-refractivity contribution < 1.29 is 62.7 Å². The Morgan fingerprint density at radius 2 is 0.871 bits per heavy atom. The molecule has 24 nitrogen and oxygen atoms in total. The average Bonchev–Trinajstić information content (AvgIpc) is 1.68. The van der Waals surface area contributed by atoms with Gasteiger partial charge in [0.25, 0.3) is 5.91 Å². The minimum absolute atomic E-state index is 0.0339. The van der Waals surface area contributed by atoms with Crippen LogP contribution in [0.2, 0.25) is 0 Å². The molecule has 0 aliphatic heterocycles. The lowest BCUT2D eigenvalue weighted by Gasteiger charge is -2.09. The van der Waals surface area contributed by atoms with Crippen LogP contribution in [0.1, 0.15) is 91.2 Å². The zero-order valence-corrected chi connectivity index (χ0v) is 52.7. The van der Waals surface area contributed by atoms with Gasteiger partial charge in [-0.25, -0.2) is 15.0 Å². The first-order valence-electron chi connectivity index (χ1n) is 27.4. The van der Waals surface area contributed by atoms with Gasteiger partial charge >= 0.3 is 24.3 Å². The SMILES string of the molecule is C/C(=N\NC(=O)c1ccccc1)c1nn(C)c(-c2ccc(C)cc2)c1O.C/C(=N\NC(=S)Nc1ccc(C(=O)O)cc1)c1nn(C)c(-c2cc(C)cc(C)c2)c1O.C/C(=N\NC(=S)Nc1ccc(C(=O)O)cc1)c1nn(C)c(-c2cccc(C(F)(F)F)c2)c1O.O=C=O. The summed E-state index contributed by atoms with van der Waals surface area (Å²) in [4.78, 5) is 50.2. The number of carbonyl (C=O) groups excluding carboxylic acids is 3. The number of aromatic carboxylic acids is 2. The highest BCUT2D eigenvalue weighted by Crippen LogP contribution is 2.37. The molecule has 0 aliphatic rings. The maximum Gasteiger partial charge on any atom is 0.416 e. The predicted molar refractivity (Wildman–Crippen MR) is 351 cm³/mol. The molecule has 6 aromatic carbocycles. The summed E-state index contributed by atoms with van der Waals surface area (Å²) < 4.78 is 43.6. The number of thiocarbonyl (C=S) groups is 2. The molecule has 0 saturated carbocycles. The quantitative estimate of drug-likeness (QED) is 0.0275. The van der Waals surface area contributed by atoms with Crippen LogP contribution in [-0.4, -0.2) is 106 Å². The molecule has 9 rings (SSSR count). The van der Waals surface area contributed by atoms with E-state index in [1.54, 1.807) is 73.7 Å². The summed E-state index contributed by atoms with van der Waals surface area (Å²) in [5, 5.41) is 81.2. The van der Waals surface area contributed by atoms with Crippen molar-refractivity contribution >= 4 is 87.2 Å². The molecule has 0 radical (unpaired) electrons. The number of rotatable bonds is 14. The van der Waals surface area contributed by atoms with Gasteiger partial charge in [-0.3, -0.25) is 29.7 Å². The number of nitrogens with zero attached hydrogens (tertiary/aromatic N) is 9. The van der Waals surface area contributed by atoms with Gasteiger partial charge in [0.05, 0.1) is 33.8 Å². The fourth-order valence-electron chi connectivity index (χ4n) is 8.83. The molecule has 480 valence electrons. The zero-order valence-electron chi connectivity index (χ0n) is 51.1. The van der Waals surface area contributed by atoms with Crippen molar-refractivity contribution in [2.75, 3.05) is 10.6 Å². The Hall–Kier alpha value is -11.7. The highest BCUT2D eigenvalue weighted by atomic mass is 32.1. The third kappa shape index (κ3) is 18.9. The normalized spacial score (nSPS) is 11.2. The Bertz CT molecular complexity index is 4330. The molecule has 0 spiro atoms. The second kappa shape index (κ2) is 31.7. The summed E-state index contributed by atoms with van der Waals surface area (Å²) in [5.41, 5.74) is 17.2. The van der Waals surface area contributed by atoms with Crippen LogP contribution in [0.15, 0.2) is 161 Å². The topological polar surface area (TPSA) is 337 Å².